The molecule has 1 aliphatic heterocycles. The first-order valence-corrected chi connectivity index (χ1v) is 6.62. The highest BCUT2D eigenvalue weighted by molar-refractivity contribution is 7.99. The van der Waals surface area contributed by atoms with E-state index in [-0.39, 0.29) is 12.1 Å². The molecule has 0 aromatic rings. The molecule has 1 aliphatic rings. The summed E-state index contributed by atoms with van der Waals surface area (Å²) in [6.07, 6.45) is 0.748. The van der Waals surface area contributed by atoms with E-state index in [0.717, 1.165) is 6.42 Å². The molecule has 6 nitrogen and oxygen atoms in total. The molecule has 0 aromatic heterocycles. The van der Waals surface area contributed by atoms with Gasteiger partial charge in [-0.3, -0.25) is 0 Å². The van der Waals surface area contributed by atoms with Gasteiger partial charge in [-0.25, -0.2) is 9.59 Å². The van der Waals surface area contributed by atoms with E-state index in [0.29, 0.717) is 18.2 Å². The fraction of sp³-hybridized carbons (Fsp3) is 0.800. The Kier molecular flexibility index (Phi) is 5.57. The van der Waals surface area contributed by atoms with Crippen LogP contribution in [-0.2, 0) is 9.53 Å². The number of hydrogen-bond donors (Lipinski definition) is 2. The number of aliphatic carboxylic acids is 1. The Morgan fingerprint density at radius 2 is 2.35 bits per heavy atom. The number of amides is 2. The second kappa shape index (κ2) is 6.70. The number of hydrogen-bond acceptors (Lipinski definition) is 4. The normalized spacial score (nSPS) is 21.3. The third-order valence-electron chi connectivity index (χ3n) is 2.62. The van der Waals surface area contributed by atoms with Crippen LogP contribution in [0.25, 0.3) is 0 Å². The monoisotopic (exact) mass is 262 g/mol. The molecule has 0 aromatic carbocycles. The standard InChI is InChI=1S/C10H18N2O4S/c1-3-7(4-16-2)11-10(15)12-6-17-5-8(12)9(13)14/h7-8H,3-6H2,1-2H3,(H,11,15)(H,13,14). The minimum atomic E-state index is -0.954. The lowest BCUT2D eigenvalue weighted by molar-refractivity contribution is -0.140. The van der Waals surface area contributed by atoms with Gasteiger partial charge >= 0.3 is 12.0 Å². The zero-order valence-electron chi connectivity index (χ0n) is 10.0. The zero-order valence-corrected chi connectivity index (χ0v) is 10.8. The predicted octanol–water partition coefficient (Wildman–Crippen LogP) is 0.580. The third kappa shape index (κ3) is 3.78. The second-order valence-corrected chi connectivity index (χ2v) is 4.83. The largest absolute Gasteiger partial charge is 0.480 e. The lowest BCUT2D eigenvalue weighted by Gasteiger charge is -2.24. The molecule has 2 N–H and O–H groups in total. The SMILES string of the molecule is CCC(COC)NC(=O)N1CSCC1C(=O)O. The van der Waals surface area contributed by atoms with Gasteiger partial charge in [-0.1, -0.05) is 6.92 Å². The number of methoxy groups -OCH3 is 1. The van der Waals surface area contributed by atoms with Gasteiger partial charge in [-0.15, -0.1) is 11.8 Å². The fourth-order valence-corrected chi connectivity index (χ4v) is 2.71. The summed E-state index contributed by atoms with van der Waals surface area (Å²) in [6.45, 7) is 2.37. The highest BCUT2D eigenvalue weighted by Gasteiger charge is 2.35. The molecule has 1 fully saturated rings. The van der Waals surface area contributed by atoms with Gasteiger partial charge < -0.3 is 20.1 Å². The molecule has 1 saturated heterocycles. The molecule has 98 valence electrons. The van der Waals surface area contributed by atoms with Gasteiger partial charge in [-0.05, 0) is 6.42 Å². The van der Waals surface area contributed by atoms with Crippen LogP contribution in [0, 0.1) is 0 Å². The Morgan fingerprint density at radius 1 is 1.65 bits per heavy atom. The summed E-state index contributed by atoms with van der Waals surface area (Å²) >= 11 is 1.45. The fourth-order valence-electron chi connectivity index (χ4n) is 1.57. The minimum Gasteiger partial charge on any atom is -0.480 e. The maximum absolute atomic E-state index is 11.9. The number of nitrogens with one attached hydrogen (secondary N) is 1. The smallest absolute Gasteiger partial charge is 0.327 e. The molecule has 1 rings (SSSR count). The number of thioether (sulfide) groups is 1. The van der Waals surface area contributed by atoms with Crippen LogP contribution in [0.5, 0.6) is 0 Å². The van der Waals surface area contributed by atoms with E-state index in [1.165, 1.54) is 16.7 Å². The molecule has 0 radical (unpaired) electrons. The lowest BCUT2D eigenvalue weighted by Crippen LogP contribution is -2.50. The quantitative estimate of drug-likeness (QED) is 0.757. The summed E-state index contributed by atoms with van der Waals surface area (Å²) < 4.78 is 4.98. The number of ether oxygens (including phenoxy) is 1. The van der Waals surface area contributed by atoms with Crippen LogP contribution in [0.4, 0.5) is 4.79 Å². The molecule has 2 amide bonds. The van der Waals surface area contributed by atoms with Gasteiger partial charge in [-0.2, -0.15) is 0 Å². The summed E-state index contributed by atoms with van der Waals surface area (Å²) in [4.78, 5) is 24.2. The van der Waals surface area contributed by atoms with Gasteiger partial charge in [0.05, 0.1) is 18.5 Å². The Hall–Kier alpha value is -0.950. The molecule has 0 spiro atoms. The van der Waals surface area contributed by atoms with Crippen LogP contribution in [0.1, 0.15) is 13.3 Å². The van der Waals surface area contributed by atoms with E-state index in [9.17, 15) is 9.59 Å². The number of carbonyl (C=O) groups excluding carboxylic acids is 1. The molecule has 0 aliphatic carbocycles. The van der Waals surface area contributed by atoms with E-state index in [2.05, 4.69) is 5.32 Å². The highest BCUT2D eigenvalue weighted by atomic mass is 32.2. The molecule has 0 saturated carbocycles. The molecular weight excluding hydrogens is 244 g/mol. The Labute approximate surface area is 105 Å². The molecule has 17 heavy (non-hydrogen) atoms. The predicted molar refractivity (Wildman–Crippen MR) is 65.1 cm³/mol. The first kappa shape index (κ1) is 14.1. The summed E-state index contributed by atoms with van der Waals surface area (Å²) in [5.41, 5.74) is 0. The molecular formula is C10H18N2O4S. The van der Waals surface area contributed by atoms with Crippen LogP contribution in [0.2, 0.25) is 0 Å². The van der Waals surface area contributed by atoms with Crippen molar-refractivity contribution in [1.29, 1.82) is 0 Å². The number of nitrogens with zero attached hydrogens (tertiary/aromatic N) is 1. The van der Waals surface area contributed by atoms with Gasteiger partial charge in [0.1, 0.15) is 6.04 Å². The second-order valence-electron chi connectivity index (χ2n) is 3.83. The number of carbonyl (C=O) groups is 2. The van der Waals surface area contributed by atoms with E-state index in [4.69, 9.17) is 9.84 Å². The maximum Gasteiger partial charge on any atom is 0.327 e. The van der Waals surface area contributed by atoms with Crippen LogP contribution in [0.15, 0.2) is 0 Å². The highest BCUT2D eigenvalue weighted by Crippen LogP contribution is 2.21. The minimum absolute atomic E-state index is 0.0763. The zero-order chi connectivity index (χ0) is 12.8. The molecule has 2 atom stereocenters. The number of urea groups is 1. The Balaban J connectivity index is 2.54. The van der Waals surface area contributed by atoms with Crippen molar-refractivity contribution in [3.8, 4) is 0 Å². The topological polar surface area (TPSA) is 78.9 Å². The summed E-state index contributed by atoms with van der Waals surface area (Å²) in [6, 6.07) is -1.13. The molecule has 1 heterocycles. The number of rotatable bonds is 5. The van der Waals surface area contributed by atoms with E-state index in [1.807, 2.05) is 6.92 Å². The van der Waals surface area contributed by atoms with Crippen molar-refractivity contribution in [2.45, 2.75) is 25.4 Å². The van der Waals surface area contributed by atoms with Crippen LogP contribution in [-0.4, -0.2) is 59.4 Å². The summed E-state index contributed by atoms with van der Waals surface area (Å²) in [7, 11) is 1.57. The number of carboxylic acid groups (broad SMARTS) is 1. The van der Waals surface area contributed by atoms with Crippen molar-refractivity contribution in [2.24, 2.45) is 0 Å². The molecule has 0 bridgehead atoms. The third-order valence-corrected chi connectivity index (χ3v) is 3.63. The van der Waals surface area contributed by atoms with Crippen molar-refractivity contribution in [1.82, 2.24) is 10.2 Å². The molecule has 2 unspecified atom stereocenters. The van der Waals surface area contributed by atoms with E-state index in [1.54, 1.807) is 7.11 Å². The van der Waals surface area contributed by atoms with Gasteiger partial charge in [0, 0.05) is 12.9 Å². The molecule has 7 heteroatoms. The van der Waals surface area contributed by atoms with E-state index < -0.39 is 12.0 Å². The summed E-state index contributed by atoms with van der Waals surface area (Å²) in [5.74, 6) is -0.0827. The maximum atomic E-state index is 11.9. The van der Waals surface area contributed by atoms with Crippen molar-refractivity contribution in [3.05, 3.63) is 0 Å². The van der Waals surface area contributed by atoms with Gasteiger partial charge in [0.25, 0.3) is 0 Å². The van der Waals surface area contributed by atoms with Crippen molar-refractivity contribution in [2.75, 3.05) is 25.3 Å². The average molecular weight is 262 g/mol. The number of carboxylic acids is 1. The first-order valence-electron chi connectivity index (χ1n) is 5.46. The van der Waals surface area contributed by atoms with Crippen molar-refractivity contribution < 1.29 is 19.4 Å². The van der Waals surface area contributed by atoms with Crippen LogP contribution < -0.4 is 5.32 Å². The van der Waals surface area contributed by atoms with Crippen LogP contribution >= 0.6 is 11.8 Å². The van der Waals surface area contributed by atoms with E-state index >= 15 is 0 Å². The van der Waals surface area contributed by atoms with Crippen molar-refractivity contribution >= 4 is 23.8 Å². The summed E-state index contributed by atoms with van der Waals surface area (Å²) in [5, 5.41) is 11.7. The lowest BCUT2D eigenvalue weighted by atomic mass is 10.2. The van der Waals surface area contributed by atoms with Gasteiger partial charge in [0.2, 0.25) is 0 Å². The van der Waals surface area contributed by atoms with Crippen molar-refractivity contribution in [3.63, 3.8) is 0 Å². The Morgan fingerprint density at radius 3 is 2.88 bits per heavy atom. The Bertz CT molecular complexity index is 287. The first-order chi connectivity index (χ1) is 8.10. The average Bonchev–Trinajstić information content (AvgIpc) is 2.77. The van der Waals surface area contributed by atoms with Crippen LogP contribution in [0.3, 0.4) is 0 Å². The van der Waals surface area contributed by atoms with Gasteiger partial charge in [0.15, 0.2) is 0 Å².